The molecule has 24 heavy (non-hydrogen) atoms. The largest absolute Gasteiger partial charge is 0.479 e. The molecular weight excluding hydrogens is 328 g/mol. The first-order valence-electron chi connectivity index (χ1n) is 7.18. The van der Waals surface area contributed by atoms with Crippen LogP contribution in [-0.2, 0) is 20.9 Å². The van der Waals surface area contributed by atoms with E-state index >= 15 is 0 Å². The van der Waals surface area contributed by atoms with Crippen molar-refractivity contribution in [3.63, 3.8) is 0 Å². The Kier molecular flexibility index (Phi) is 4.27. The molecule has 2 saturated heterocycles. The average molecular weight is 344 g/mol. The van der Waals surface area contributed by atoms with Crippen molar-refractivity contribution in [1.82, 2.24) is 9.55 Å². The number of aliphatic hydroxyl groups excluding tert-OH is 3. The standard InChI is InChI=1S/C13H16N2O9/c16-3-4-2-15(13(22)14-10(4)19)11-7(18)9-8(24-11)5(17)1-6(23-9)12(20)21/h2,5-9,11,16-18H,1,3H2,(H,20,21)(H,14,19,22)/t5-,6+,7-,8-,9+,11-/m1/s1. The number of carboxylic acids is 1. The topological polar surface area (TPSA) is 171 Å². The van der Waals surface area contributed by atoms with Crippen molar-refractivity contribution in [2.24, 2.45) is 0 Å². The number of nitrogens with zero attached hydrogens (tertiary/aromatic N) is 1. The number of carbonyl (C=O) groups is 1. The van der Waals surface area contributed by atoms with E-state index in [-0.39, 0.29) is 12.0 Å². The molecule has 0 radical (unpaired) electrons. The van der Waals surface area contributed by atoms with Crippen molar-refractivity contribution in [3.8, 4) is 0 Å². The second-order valence-corrected chi connectivity index (χ2v) is 5.69. The molecule has 3 heterocycles. The van der Waals surface area contributed by atoms with Crippen LogP contribution in [0.1, 0.15) is 18.2 Å². The molecule has 2 aliphatic rings. The summed E-state index contributed by atoms with van der Waals surface area (Å²) in [5.41, 5.74) is -1.78. The predicted molar refractivity (Wildman–Crippen MR) is 74.1 cm³/mol. The quantitative estimate of drug-likeness (QED) is 0.380. The Morgan fingerprint density at radius 2 is 2.00 bits per heavy atom. The van der Waals surface area contributed by atoms with Gasteiger partial charge in [-0.1, -0.05) is 0 Å². The Hall–Kier alpha value is -2.05. The third-order valence-corrected chi connectivity index (χ3v) is 4.17. The number of H-pyrrole nitrogens is 1. The molecule has 2 fully saturated rings. The van der Waals surface area contributed by atoms with Crippen LogP contribution in [0.3, 0.4) is 0 Å². The van der Waals surface area contributed by atoms with Gasteiger partial charge in [0.2, 0.25) is 0 Å². The zero-order valence-electron chi connectivity index (χ0n) is 12.2. The normalized spacial score (nSPS) is 35.6. The van der Waals surface area contributed by atoms with Gasteiger partial charge in [-0.3, -0.25) is 14.3 Å². The van der Waals surface area contributed by atoms with Crippen molar-refractivity contribution in [3.05, 3.63) is 32.6 Å². The number of aliphatic carboxylic acids is 1. The SMILES string of the molecule is O=C(O)[C@@H]1C[C@@H](O)[C@H]2O[C@@H](n3cc(CO)c(=O)[nH]c3=O)[C@H](O)[C@@H]2O1. The third-order valence-electron chi connectivity index (χ3n) is 4.17. The summed E-state index contributed by atoms with van der Waals surface area (Å²) < 4.78 is 11.6. The van der Waals surface area contributed by atoms with E-state index in [1.54, 1.807) is 0 Å². The van der Waals surface area contributed by atoms with E-state index in [0.717, 1.165) is 10.8 Å². The lowest BCUT2D eigenvalue weighted by molar-refractivity contribution is -0.187. The lowest BCUT2D eigenvalue weighted by Crippen LogP contribution is -2.51. The highest BCUT2D eigenvalue weighted by molar-refractivity contribution is 5.72. The van der Waals surface area contributed by atoms with Gasteiger partial charge >= 0.3 is 11.7 Å². The van der Waals surface area contributed by atoms with Crippen molar-refractivity contribution < 1.29 is 34.7 Å². The fourth-order valence-corrected chi connectivity index (χ4v) is 2.96. The first-order valence-corrected chi connectivity index (χ1v) is 7.18. The van der Waals surface area contributed by atoms with E-state index in [2.05, 4.69) is 0 Å². The molecule has 0 amide bonds. The molecule has 11 heteroatoms. The molecule has 0 saturated carbocycles. The fraction of sp³-hybridized carbons (Fsp3) is 0.615. The minimum atomic E-state index is -1.46. The van der Waals surface area contributed by atoms with Crippen LogP contribution in [0, 0.1) is 0 Å². The zero-order chi connectivity index (χ0) is 17.6. The minimum absolute atomic E-state index is 0.120. The van der Waals surface area contributed by atoms with Crippen molar-refractivity contribution in [1.29, 1.82) is 0 Å². The molecule has 1 aromatic rings. The fourth-order valence-electron chi connectivity index (χ4n) is 2.96. The van der Waals surface area contributed by atoms with Gasteiger partial charge in [0.05, 0.1) is 18.3 Å². The second-order valence-electron chi connectivity index (χ2n) is 5.69. The zero-order valence-corrected chi connectivity index (χ0v) is 12.2. The van der Waals surface area contributed by atoms with Gasteiger partial charge < -0.3 is 29.9 Å². The molecule has 0 aliphatic carbocycles. The maximum absolute atomic E-state index is 11.9. The number of carboxylic acid groups (broad SMARTS) is 1. The maximum atomic E-state index is 11.9. The molecule has 0 spiro atoms. The number of hydrogen-bond donors (Lipinski definition) is 5. The number of aromatic amines is 1. The molecule has 0 unspecified atom stereocenters. The number of ether oxygens (including phenoxy) is 2. The highest BCUT2D eigenvalue weighted by Gasteiger charge is 2.53. The minimum Gasteiger partial charge on any atom is -0.479 e. The van der Waals surface area contributed by atoms with E-state index in [1.807, 2.05) is 4.98 Å². The summed E-state index contributed by atoms with van der Waals surface area (Å²) in [6.07, 6.45) is -6.66. The molecule has 6 atom stereocenters. The van der Waals surface area contributed by atoms with Gasteiger partial charge in [0, 0.05) is 12.6 Å². The second kappa shape index (κ2) is 6.11. The number of fused-ring (bicyclic) bond motifs is 1. The van der Waals surface area contributed by atoms with Crippen molar-refractivity contribution in [2.45, 2.75) is 49.8 Å². The van der Waals surface area contributed by atoms with Gasteiger partial charge in [-0.05, 0) is 0 Å². The van der Waals surface area contributed by atoms with Crippen LogP contribution in [0.5, 0.6) is 0 Å². The summed E-state index contributed by atoms with van der Waals surface area (Å²) in [7, 11) is 0. The highest BCUT2D eigenvalue weighted by Crippen LogP contribution is 2.37. The summed E-state index contributed by atoms with van der Waals surface area (Å²) in [5, 5.41) is 38.5. The van der Waals surface area contributed by atoms with Crippen LogP contribution < -0.4 is 11.2 Å². The average Bonchev–Trinajstić information content (AvgIpc) is 2.85. The highest BCUT2D eigenvalue weighted by atomic mass is 16.6. The van der Waals surface area contributed by atoms with E-state index < -0.39 is 60.6 Å². The van der Waals surface area contributed by atoms with Gasteiger partial charge in [-0.15, -0.1) is 0 Å². The number of rotatable bonds is 3. The van der Waals surface area contributed by atoms with Crippen LogP contribution >= 0.6 is 0 Å². The Morgan fingerprint density at radius 1 is 1.29 bits per heavy atom. The third kappa shape index (κ3) is 2.65. The first-order chi connectivity index (χ1) is 11.3. The summed E-state index contributed by atoms with van der Waals surface area (Å²) >= 11 is 0. The molecule has 1 aromatic heterocycles. The molecule has 5 N–H and O–H groups in total. The summed E-state index contributed by atoms with van der Waals surface area (Å²) in [6, 6.07) is 0. The number of nitrogens with one attached hydrogen (secondary N) is 1. The van der Waals surface area contributed by atoms with Crippen LogP contribution in [0.25, 0.3) is 0 Å². The Balaban J connectivity index is 1.94. The Labute approximate surface area is 133 Å². The molecule has 2 aliphatic heterocycles. The Morgan fingerprint density at radius 3 is 2.62 bits per heavy atom. The van der Waals surface area contributed by atoms with E-state index in [1.165, 1.54) is 0 Å². The molecule has 3 rings (SSSR count). The number of aliphatic hydroxyl groups is 3. The molecule has 0 bridgehead atoms. The molecule has 11 nitrogen and oxygen atoms in total. The van der Waals surface area contributed by atoms with Crippen LogP contribution in [0.4, 0.5) is 0 Å². The van der Waals surface area contributed by atoms with E-state index in [0.29, 0.717) is 0 Å². The van der Waals surface area contributed by atoms with Crippen LogP contribution in [-0.4, -0.2) is 66.5 Å². The maximum Gasteiger partial charge on any atom is 0.332 e. The Bertz CT molecular complexity index is 757. The van der Waals surface area contributed by atoms with Crippen molar-refractivity contribution >= 4 is 5.97 Å². The summed E-state index contributed by atoms with van der Waals surface area (Å²) in [4.78, 5) is 36.4. The summed E-state index contributed by atoms with van der Waals surface area (Å²) in [5.74, 6) is -1.29. The first kappa shape index (κ1) is 16.8. The van der Waals surface area contributed by atoms with Crippen LogP contribution in [0.15, 0.2) is 15.8 Å². The van der Waals surface area contributed by atoms with Gasteiger partial charge in [-0.25, -0.2) is 9.59 Å². The number of hydrogen-bond acceptors (Lipinski definition) is 8. The number of aromatic nitrogens is 2. The van der Waals surface area contributed by atoms with Crippen molar-refractivity contribution in [2.75, 3.05) is 0 Å². The predicted octanol–water partition coefficient (Wildman–Crippen LogP) is -3.11. The summed E-state index contributed by atoms with van der Waals surface area (Å²) in [6.45, 7) is -0.633. The monoisotopic (exact) mass is 344 g/mol. The van der Waals surface area contributed by atoms with Gasteiger partial charge in [-0.2, -0.15) is 0 Å². The molecule has 0 aromatic carbocycles. The lowest BCUT2D eigenvalue weighted by atomic mass is 9.96. The van der Waals surface area contributed by atoms with Gasteiger partial charge in [0.25, 0.3) is 5.56 Å². The van der Waals surface area contributed by atoms with Gasteiger partial charge in [0.1, 0.15) is 18.3 Å². The van der Waals surface area contributed by atoms with E-state index in [9.17, 15) is 24.6 Å². The van der Waals surface area contributed by atoms with E-state index in [4.69, 9.17) is 19.7 Å². The van der Waals surface area contributed by atoms with Crippen LogP contribution in [0.2, 0.25) is 0 Å². The molecule has 132 valence electrons. The van der Waals surface area contributed by atoms with Gasteiger partial charge in [0.15, 0.2) is 12.3 Å². The lowest BCUT2D eigenvalue weighted by Gasteiger charge is -2.33. The molecular formula is C13H16N2O9. The smallest absolute Gasteiger partial charge is 0.332 e.